The first-order chi connectivity index (χ1) is 5.86. The highest BCUT2D eigenvalue weighted by molar-refractivity contribution is 5.17. The number of nitrogens with zero attached hydrogens (tertiary/aromatic N) is 2. The molecule has 0 fully saturated rings. The van der Waals surface area contributed by atoms with Crippen LogP contribution in [-0.2, 0) is 12.8 Å². The summed E-state index contributed by atoms with van der Waals surface area (Å²) in [4.78, 5) is 8.37. The zero-order chi connectivity index (χ0) is 8.39. The highest BCUT2D eigenvalue weighted by Gasteiger charge is 2.13. The minimum atomic E-state index is 0.803. The molecule has 0 spiro atoms. The van der Waals surface area contributed by atoms with Gasteiger partial charge < -0.3 is 0 Å². The summed E-state index contributed by atoms with van der Waals surface area (Å²) >= 11 is 0. The summed E-state index contributed by atoms with van der Waals surface area (Å²) in [5.74, 6) is 0.803. The summed E-state index contributed by atoms with van der Waals surface area (Å²) in [5.41, 5.74) is 2.64. The molecule has 2 rings (SSSR count). The van der Waals surface area contributed by atoms with Crippen LogP contribution in [0.5, 0.6) is 0 Å². The van der Waals surface area contributed by atoms with Crippen molar-refractivity contribution in [3.05, 3.63) is 23.8 Å². The van der Waals surface area contributed by atoms with E-state index < -0.39 is 0 Å². The molecule has 1 aromatic heterocycles. The second kappa shape index (κ2) is 3.21. The maximum Gasteiger partial charge on any atom is 0.115 e. The third-order valence-corrected chi connectivity index (χ3v) is 2.56. The van der Waals surface area contributed by atoms with Gasteiger partial charge in [-0.05, 0) is 30.7 Å². The number of fused-ring (bicyclic) bond motifs is 1. The van der Waals surface area contributed by atoms with Crippen molar-refractivity contribution in [3.63, 3.8) is 0 Å². The van der Waals surface area contributed by atoms with Crippen LogP contribution in [0.1, 0.15) is 31.0 Å². The fourth-order valence-electron chi connectivity index (χ4n) is 1.87. The van der Waals surface area contributed by atoms with Crippen molar-refractivity contribution in [2.24, 2.45) is 5.92 Å². The van der Waals surface area contributed by atoms with Gasteiger partial charge in [-0.3, -0.25) is 0 Å². The molecule has 12 heavy (non-hydrogen) atoms. The SMILES string of the molecule is CC1CCCc2ncncc2C1. The van der Waals surface area contributed by atoms with Crippen molar-refractivity contribution in [1.82, 2.24) is 9.97 Å². The third kappa shape index (κ3) is 1.47. The molecule has 2 nitrogen and oxygen atoms in total. The molecule has 1 heterocycles. The van der Waals surface area contributed by atoms with Gasteiger partial charge in [-0.1, -0.05) is 13.3 Å². The molecule has 1 unspecified atom stereocenters. The zero-order valence-electron chi connectivity index (χ0n) is 7.45. The van der Waals surface area contributed by atoms with Gasteiger partial charge in [0.15, 0.2) is 0 Å². The van der Waals surface area contributed by atoms with E-state index in [-0.39, 0.29) is 0 Å². The minimum absolute atomic E-state index is 0.803. The Hall–Kier alpha value is -0.920. The largest absolute Gasteiger partial charge is 0.245 e. The van der Waals surface area contributed by atoms with E-state index in [1.54, 1.807) is 6.33 Å². The predicted molar refractivity (Wildman–Crippen MR) is 47.8 cm³/mol. The van der Waals surface area contributed by atoms with Gasteiger partial charge in [-0.25, -0.2) is 9.97 Å². The molecule has 0 N–H and O–H groups in total. The fourth-order valence-corrected chi connectivity index (χ4v) is 1.87. The van der Waals surface area contributed by atoms with Crippen LogP contribution in [0.4, 0.5) is 0 Å². The van der Waals surface area contributed by atoms with Crippen LogP contribution in [0.3, 0.4) is 0 Å². The van der Waals surface area contributed by atoms with Crippen LogP contribution in [0.2, 0.25) is 0 Å². The second-order valence-electron chi connectivity index (χ2n) is 3.70. The number of hydrogen-bond acceptors (Lipinski definition) is 2. The molecule has 1 aliphatic rings. The van der Waals surface area contributed by atoms with E-state index in [1.165, 1.54) is 24.1 Å². The minimum Gasteiger partial charge on any atom is -0.245 e. The van der Waals surface area contributed by atoms with Gasteiger partial charge in [-0.15, -0.1) is 0 Å². The van der Waals surface area contributed by atoms with Gasteiger partial charge in [0.2, 0.25) is 0 Å². The first-order valence-corrected chi connectivity index (χ1v) is 4.64. The normalized spacial score (nSPS) is 22.9. The fraction of sp³-hybridized carbons (Fsp3) is 0.600. The van der Waals surface area contributed by atoms with E-state index in [9.17, 15) is 0 Å². The van der Waals surface area contributed by atoms with Crippen LogP contribution in [0, 0.1) is 5.92 Å². The van der Waals surface area contributed by atoms with Gasteiger partial charge in [0.05, 0.1) is 0 Å². The Morgan fingerprint density at radius 2 is 2.42 bits per heavy atom. The zero-order valence-corrected chi connectivity index (χ0v) is 7.45. The first-order valence-electron chi connectivity index (χ1n) is 4.64. The Labute approximate surface area is 73.1 Å². The molecule has 64 valence electrons. The summed E-state index contributed by atoms with van der Waals surface area (Å²) in [7, 11) is 0. The molecule has 0 radical (unpaired) electrons. The van der Waals surface area contributed by atoms with Gasteiger partial charge >= 0.3 is 0 Å². The maximum absolute atomic E-state index is 4.30. The molecule has 1 aliphatic carbocycles. The van der Waals surface area contributed by atoms with Gasteiger partial charge in [0.25, 0.3) is 0 Å². The van der Waals surface area contributed by atoms with E-state index in [0.717, 1.165) is 18.8 Å². The monoisotopic (exact) mass is 162 g/mol. The Bertz CT molecular complexity index is 270. The standard InChI is InChI=1S/C10H14N2/c1-8-3-2-4-10-9(5-8)6-11-7-12-10/h6-8H,2-5H2,1H3. The van der Waals surface area contributed by atoms with E-state index in [4.69, 9.17) is 0 Å². The lowest BCUT2D eigenvalue weighted by molar-refractivity contribution is 0.526. The van der Waals surface area contributed by atoms with Crippen molar-refractivity contribution >= 4 is 0 Å². The van der Waals surface area contributed by atoms with Crippen LogP contribution in [0.15, 0.2) is 12.5 Å². The average molecular weight is 162 g/mol. The summed E-state index contributed by atoms with van der Waals surface area (Å²) in [6, 6.07) is 0. The van der Waals surface area contributed by atoms with Crippen LogP contribution >= 0.6 is 0 Å². The lowest BCUT2D eigenvalue weighted by Crippen LogP contribution is -1.99. The predicted octanol–water partition coefficient (Wildman–Crippen LogP) is 1.99. The van der Waals surface area contributed by atoms with E-state index >= 15 is 0 Å². The number of aromatic nitrogens is 2. The molecule has 0 aromatic carbocycles. The second-order valence-corrected chi connectivity index (χ2v) is 3.70. The smallest absolute Gasteiger partial charge is 0.115 e. The Balaban J connectivity index is 2.31. The molecule has 0 amide bonds. The highest BCUT2D eigenvalue weighted by Crippen LogP contribution is 2.21. The number of aryl methyl sites for hydroxylation is 1. The summed E-state index contributed by atoms with van der Waals surface area (Å²) < 4.78 is 0. The third-order valence-electron chi connectivity index (χ3n) is 2.56. The molecule has 1 aromatic rings. The molecular weight excluding hydrogens is 148 g/mol. The molecule has 1 atom stereocenters. The molecular formula is C10H14N2. The molecule has 0 aliphatic heterocycles. The van der Waals surface area contributed by atoms with E-state index in [2.05, 4.69) is 16.9 Å². The molecule has 0 saturated carbocycles. The van der Waals surface area contributed by atoms with Crippen molar-refractivity contribution in [1.29, 1.82) is 0 Å². The van der Waals surface area contributed by atoms with Crippen LogP contribution < -0.4 is 0 Å². The lowest BCUT2D eigenvalue weighted by Gasteiger charge is -2.05. The van der Waals surface area contributed by atoms with Gasteiger partial charge in [0.1, 0.15) is 6.33 Å². The van der Waals surface area contributed by atoms with Gasteiger partial charge in [-0.2, -0.15) is 0 Å². The van der Waals surface area contributed by atoms with E-state index in [1.807, 2.05) is 6.20 Å². The van der Waals surface area contributed by atoms with Crippen molar-refractivity contribution in [2.75, 3.05) is 0 Å². The first kappa shape index (κ1) is 7.71. The van der Waals surface area contributed by atoms with Crippen molar-refractivity contribution in [2.45, 2.75) is 32.6 Å². The summed E-state index contributed by atoms with van der Waals surface area (Å²) in [6.07, 6.45) is 8.55. The molecule has 0 saturated heterocycles. The van der Waals surface area contributed by atoms with Crippen LogP contribution in [-0.4, -0.2) is 9.97 Å². The average Bonchev–Trinajstić information content (AvgIpc) is 2.25. The lowest BCUT2D eigenvalue weighted by atomic mass is 10.0. The highest BCUT2D eigenvalue weighted by atomic mass is 14.8. The van der Waals surface area contributed by atoms with Gasteiger partial charge in [0, 0.05) is 11.9 Å². The summed E-state index contributed by atoms with van der Waals surface area (Å²) in [6.45, 7) is 2.31. The Morgan fingerprint density at radius 3 is 3.33 bits per heavy atom. The summed E-state index contributed by atoms with van der Waals surface area (Å²) in [5, 5.41) is 0. The maximum atomic E-state index is 4.30. The number of hydrogen-bond donors (Lipinski definition) is 0. The Kier molecular flexibility index (Phi) is 2.07. The van der Waals surface area contributed by atoms with E-state index in [0.29, 0.717) is 0 Å². The Morgan fingerprint density at radius 1 is 1.50 bits per heavy atom. The van der Waals surface area contributed by atoms with Crippen molar-refractivity contribution in [3.8, 4) is 0 Å². The van der Waals surface area contributed by atoms with Crippen LogP contribution in [0.25, 0.3) is 0 Å². The quantitative estimate of drug-likeness (QED) is 0.545. The molecule has 0 bridgehead atoms. The number of rotatable bonds is 0. The topological polar surface area (TPSA) is 25.8 Å². The molecule has 2 heteroatoms. The van der Waals surface area contributed by atoms with Crippen molar-refractivity contribution < 1.29 is 0 Å².